The van der Waals surface area contributed by atoms with Crippen LogP contribution in [0.1, 0.15) is 31.6 Å². The second-order valence-electron chi connectivity index (χ2n) is 6.30. The number of hydrogen-bond acceptors (Lipinski definition) is 3. The highest BCUT2D eigenvalue weighted by Gasteiger charge is 2.10. The molecule has 0 amide bonds. The molecule has 0 aliphatic heterocycles. The minimum Gasteiger partial charge on any atom is -0.383 e. The molecule has 3 aromatic rings. The van der Waals surface area contributed by atoms with Crippen LogP contribution in [-0.2, 0) is 6.54 Å². The molecule has 1 aromatic carbocycles. The van der Waals surface area contributed by atoms with Crippen LogP contribution in [0.15, 0.2) is 53.0 Å². The predicted molar refractivity (Wildman–Crippen MR) is 108 cm³/mol. The van der Waals surface area contributed by atoms with E-state index in [1.165, 1.54) is 5.39 Å². The third-order valence-electron chi connectivity index (χ3n) is 4.60. The molecule has 0 spiro atoms. The van der Waals surface area contributed by atoms with E-state index in [0.29, 0.717) is 11.8 Å². The van der Waals surface area contributed by atoms with Gasteiger partial charge in [-0.1, -0.05) is 19.1 Å². The summed E-state index contributed by atoms with van der Waals surface area (Å²) >= 11 is 1.59. The van der Waals surface area contributed by atoms with Crippen LogP contribution in [0.25, 0.3) is 10.9 Å². The Labute approximate surface area is 152 Å². The lowest BCUT2D eigenvalue weighted by Crippen LogP contribution is -2.12. The molecule has 1 atom stereocenters. The van der Waals surface area contributed by atoms with Crippen LogP contribution in [0.3, 0.4) is 0 Å². The molecule has 0 aliphatic rings. The van der Waals surface area contributed by atoms with E-state index in [0.717, 1.165) is 41.2 Å². The Morgan fingerprint density at radius 3 is 2.84 bits per heavy atom. The number of fused-ring (bicyclic) bond motifs is 1. The van der Waals surface area contributed by atoms with Gasteiger partial charge in [0.25, 0.3) is 0 Å². The largest absolute Gasteiger partial charge is 0.383 e. The van der Waals surface area contributed by atoms with Crippen molar-refractivity contribution >= 4 is 39.5 Å². The zero-order valence-corrected chi connectivity index (χ0v) is 15.5. The summed E-state index contributed by atoms with van der Waals surface area (Å²) in [6.45, 7) is 4.96. The molecule has 0 radical (unpaired) electrons. The molecule has 2 aromatic heterocycles. The number of rotatable bonds is 7. The van der Waals surface area contributed by atoms with Crippen LogP contribution in [0, 0.1) is 11.3 Å². The number of aromatic nitrogens is 1. The molecule has 130 valence electrons. The van der Waals surface area contributed by atoms with E-state index in [1.807, 2.05) is 30.5 Å². The zero-order valence-electron chi connectivity index (χ0n) is 14.7. The standard InChI is InChI=1S/C20H24N4S/c1-3-15(14(2)21)8-10-24-11-9-16-6-7-17(13-18(16)24)23-20(22)19-5-4-12-25-19/h4-7,9,11-13,15,21H,3,8,10H2,1-2H3,(H2,22,23). The molecule has 0 saturated carbocycles. The number of nitrogens with zero attached hydrogens (tertiary/aromatic N) is 2. The quantitative estimate of drug-likeness (QED) is 0.445. The van der Waals surface area contributed by atoms with Gasteiger partial charge >= 0.3 is 0 Å². The zero-order chi connectivity index (χ0) is 17.8. The van der Waals surface area contributed by atoms with Gasteiger partial charge in [-0.25, -0.2) is 4.99 Å². The SMILES string of the molecule is CCC(CCn1ccc2ccc(N=C(N)c3cccs3)cc21)C(C)=N. The molecule has 0 aliphatic carbocycles. The highest BCUT2D eigenvalue weighted by Crippen LogP contribution is 2.24. The smallest absolute Gasteiger partial charge is 0.141 e. The second-order valence-corrected chi connectivity index (χ2v) is 7.25. The summed E-state index contributed by atoms with van der Waals surface area (Å²) in [6, 6.07) is 12.3. The molecule has 3 N–H and O–H groups in total. The first-order chi connectivity index (χ1) is 12.1. The van der Waals surface area contributed by atoms with Crippen LogP contribution in [0.5, 0.6) is 0 Å². The lowest BCUT2D eigenvalue weighted by Gasteiger charge is -2.14. The van der Waals surface area contributed by atoms with Crippen molar-refractivity contribution in [3.05, 3.63) is 52.9 Å². The first kappa shape index (κ1) is 17.4. The average molecular weight is 353 g/mol. The van der Waals surface area contributed by atoms with Gasteiger partial charge in [0.1, 0.15) is 5.84 Å². The minimum absolute atomic E-state index is 0.355. The molecule has 3 rings (SSSR count). The number of aryl methyl sites for hydroxylation is 1. The summed E-state index contributed by atoms with van der Waals surface area (Å²) in [6.07, 6.45) is 4.12. The van der Waals surface area contributed by atoms with Crippen molar-refractivity contribution < 1.29 is 0 Å². The first-order valence-corrected chi connectivity index (χ1v) is 9.48. The number of hydrogen-bond donors (Lipinski definition) is 2. The van der Waals surface area contributed by atoms with Crippen LogP contribution in [-0.4, -0.2) is 16.1 Å². The number of nitrogens with one attached hydrogen (secondary N) is 1. The topological polar surface area (TPSA) is 67.2 Å². The molecule has 0 bridgehead atoms. The maximum atomic E-state index is 7.88. The predicted octanol–water partition coefficient (Wildman–Crippen LogP) is 5.20. The summed E-state index contributed by atoms with van der Waals surface area (Å²) < 4.78 is 2.25. The van der Waals surface area contributed by atoms with Crippen molar-refractivity contribution in [2.75, 3.05) is 0 Å². The Hall–Kier alpha value is -2.40. The van der Waals surface area contributed by atoms with Gasteiger partial charge in [-0.15, -0.1) is 11.3 Å². The van der Waals surface area contributed by atoms with Gasteiger partial charge in [0, 0.05) is 18.5 Å². The number of benzene rings is 1. The summed E-state index contributed by atoms with van der Waals surface area (Å²) in [7, 11) is 0. The van der Waals surface area contributed by atoms with E-state index in [9.17, 15) is 0 Å². The Kier molecular flexibility index (Phi) is 5.34. The molecule has 0 saturated heterocycles. The molecule has 25 heavy (non-hydrogen) atoms. The summed E-state index contributed by atoms with van der Waals surface area (Å²) in [5, 5.41) is 11.1. The third-order valence-corrected chi connectivity index (χ3v) is 5.50. The Bertz CT molecular complexity index is 890. The number of aliphatic imine (C=N–C) groups is 1. The van der Waals surface area contributed by atoms with Crippen molar-refractivity contribution in [1.82, 2.24) is 4.57 Å². The normalized spacial score (nSPS) is 13.3. The van der Waals surface area contributed by atoms with E-state index >= 15 is 0 Å². The fraction of sp³-hybridized carbons (Fsp3) is 0.300. The lowest BCUT2D eigenvalue weighted by molar-refractivity contribution is 0.538. The monoisotopic (exact) mass is 352 g/mol. The van der Waals surface area contributed by atoms with Crippen molar-refractivity contribution in [3.63, 3.8) is 0 Å². The molecule has 5 heteroatoms. The van der Waals surface area contributed by atoms with Crippen molar-refractivity contribution in [2.24, 2.45) is 16.6 Å². The van der Waals surface area contributed by atoms with Gasteiger partial charge in [-0.2, -0.15) is 0 Å². The number of amidine groups is 1. The molecule has 0 fully saturated rings. The van der Waals surface area contributed by atoms with Crippen molar-refractivity contribution in [1.29, 1.82) is 5.41 Å². The van der Waals surface area contributed by atoms with Gasteiger partial charge in [-0.05, 0) is 60.7 Å². The van der Waals surface area contributed by atoms with Crippen LogP contribution in [0.2, 0.25) is 0 Å². The van der Waals surface area contributed by atoms with Gasteiger partial charge < -0.3 is 15.7 Å². The van der Waals surface area contributed by atoms with Crippen molar-refractivity contribution in [3.8, 4) is 0 Å². The summed E-state index contributed by atoms with van der Waals surface area (Å²) in [5.41, 5.74) is 8.91. The minimum atomic E-state index is 0.355. The summed E-state index contributed by atoms with van der Waals surface area (Å²) in [4.78, 5) is 5.56. The van der Waals surface area contributed by atoms with Crippen LogP contribution < -0.4 is 5.73 Å². The van der Waals surface area contributed by atoms with Gasteiger partial charge in [0.15, 0.2) is 0 Å². The maximum absolute atomic E-state index is 7.88. The van der Waals surface area contributed by atoms with E-state index in [4.69, 9.17) is 11.1 Å². The Balaban J connectivity index is 1.84. The van der Waals surface area contributed by atoms with Crippen LogP contribution >= 0.6 is 11.3 Å². The molecule has 1 unspecified atom stereocenters. The van der Waals surface area contributed by atoms with Gasteiger partial charge in [0.2, 0.25) is 0 Å². The van der Waals surface area contributed by atoms with E-state index in [-0.39, 0.29) is 0 Å². The molecular weight excluding hydrogens is 328 g/mol. The van der Waals surface area contributed by atoms with Crippen molar-refractivity contribution in [2.45, 2.75) is 33.2 Å². The average Bonchev–Trinajstić information content (AvgIpc) is 3.25. The van der Waals surface area contributed by atoms with E-state index in [1.54, 1.807) is 11.3 Å². The number of thiophene rings is 1. The second kappa shape index (κ2) is 7.66. The third kappa shape index (κ3) is 3.99. The van der Waals surface area contributed by atoms with E-state index < -0.39 is 0 Å². The lowest BCUT2D eigenvalue weighted by atomic mass is 9.97. The highest BCUT2D eigenvalue weighted by molar-refractivity contribution is 7.12. The van der Waals surface area contributed by atoms with Crippen LogP contribution in [0.4, 0.5) is 5.69 Å². The Morgan fingerprint density at radius 2 is 2.16 bits per heavy atom. The first-order valence-electron chi connectivity index (χ1n) is 8.60. The number of nitrogens with two attached hydrogens (primary N) is 1. The van der Waals surface area contributed by atoms with E-state index in [2.05, 4.69) is 40.9 Å². The van der Waals surface area contributed by atoms with Gasteiger partial charge in [0.05, 0.1) is 16.1 Å². The fourth-order valence-corrected chi connectivity index (χ4v) is 3.70. The summed E-state index contributed by atoms with van der Waals surface area (Å²) in [5.74, 6) is 0.908. The molecule has 2 heterocycles. The maximum Gasteiger partial charge on any atom is 0.141 e. The fourth-order valence-electron chi connectivity index (χ4n) is 3.08. The highest BCUT2D eigenvalue weighted by atomic mass is 32.1. The molecular formula is C20H24N4S. The molecule has 4 nitrogen and oxygen atoms in total. The Morgan fingerprint density at radius 1 is 1.32 bits per heavy atom. The van der Waals surface area contributed by atoms with Gasteiger partial charge in [-0.3, -0.25) is 0 Å².